The van der Waals surface area contributed by atoms with Gasteiger partial charge in [0, 0.05) is 30.1 Å². The molecule has 0 unspecified atom stereocenters. The van der Waals surface area contributed by atoms with Gasteiger partial charge in [-0.05, 0) is 25.5 Å². The van der Waals surface area contributed by atoms with E-state index >= 15 is 0 Å². The van der Waals surface area contributed by atoms with E-state index in [1.54, 1.807) is 12.4 Å². The Kier molecular flexibility index (Phi) is 2.30. The SMILES string of the molecule is Cc1cc([OH2+])ccc1-c1c(C)nc2cnccn12. The van der Waals surface area contributed by atoms with Crippen LogP contribution >= 0.6 is 0 Å². The lowest BCUT2D eigenvalue weighted by Crippen LogP contribution is -1.91. The van der Waals surface area contributed by atoms with Gasteiger partial charge in [0.15, 0.2) is 5.65 Å². The molecular weight excluding hydrogens is 226 g/mol. The molecule has 2 heterocycles. The highest BCUT2D eigenvalue weighted by Gasteiger charge is 2.13. The van der Waals surface area contributed by atoms with Crippen LogP contribution in [0, 0.1) is 13.8 Å². The summed E-state index contributed by atoms with van der Waals surface area (Å²) in [6.45, 7) is 4.02. The number of hydrogen-bond donors (Lipinski definition) is 0. The summed E-state index contributed by atoms with van der Waals surface area (Å²) in [5.41, 5.74) is 5.10. The van der Waals surface area contributed by atoms with Gasteiger partial charge in [0.1, 0.15) is 0 Å². The molecule has 0 aliphatic heterocycles. The lowest BCUT2D eigenvalue weighted by atomic mass is 10.0. The van der Waals surface area contributed by atoms with E-state index in [0.29, 0.717) is 5.75 Å². The first-order valence-electron chi connectivity index (χ1n) is 5.78. The molecule has 0 fully saturated rings. The molecule has 2 aromatic heterocycles. The van der Waals surface area contributed by atoms with E-state index in [1.165, 1.54) is 0 Å². The monoisotopic (exact) mass is 240 g/mol. The summed E-state index contributed by atoms with van der Waals surface area (Å²) in [5, 5.41) is 7.64. The van der Waals surface area contributed by atoms with Crippen molar-refractivity contribution in [3.63, 3.8) is 0 Å². The zero-order valence-electron chi connectivity index (χ0n) is 10.3. The van der Waals surface area contributed by atoms with Crippen molar-refractivity contribution in [3.8, 4) is 17.0 Å². The van der Waals surface area contributed by atoms with E-state index < -0.39 is 0 Å². The van der Waals surface area contributed by atoms with Gasteiger partial charge in [-0.2, -0.15) is 0 Å². The van der Waals surface area contributed by atoms with Crippen molar-refractivity contribution in [2.75, 3.05) is 0 Å². The van der Waals surface area contributed by atoms with Crippen molar-refractivity contribution in [3.05, 3.63) is 48.0 Å². The second-order valence-corrected chi connectivity index (χ2v) is 4.38. The number of nitrogens with zero attached hydrogens (tertiary/aromatic N) is 3. The summed E-state index contributed by atoms with van der Waals surface area (Å²) in [5.74, 6) is 0.532. The number of aromatic nitrogens is 3. The first-order chi connectivity index (χ1) is 8.66. The Morgan fingerprint density at radius 1 is 1.22 bits per heavy atom. The Morgan fingerprint density at radius 3 is 2.83 bits per heavy atom. The molecule has 90 valence electrons. The molecule has 4 heteroatoms. The van der Waals surface area contributed by atoms with Crippen LogP contribution in [0.2, 0.25) is 0 Å². The van der Waals surface area contributed by atoms with Crippen LogP contribution in [0.4, 0.5) is 0 Å². The summed E-state index contributed by atoms with van der Waals surface area (Å²) < 4.78 is 2.04. The Balaban J connectivity index is 2.34. The number of rotatable bonds is 1. The number of imidazole rings is 1. The van der Waals surface area contributed by atoms with Gasteiger partial charge in [0.05, 0.1) is 17.6 Å². The minimum atomic E-state index is 0.532. The average molecular weight is 240 g/mol. The third kappa shape index (κ3) is 1.54. The van der Waals surface area contributed by atoms with Crippen molar-refractivity contribution in [2.45, 2.75) is 13.8 Å². The molecule has 2 N–H and O–H groups in total. The molecule has 4 nitrogen and oxygen atoms in total. The van der Waals surface area contributed by atoms with E-state index in [-0.39, 0.29) is 0 Å². The predicted octanol–water partition coefficient (Wildman–Crippen LogP) is 2.45. The molecule has 0 bridgehead atoms. The summed E-state index contributed by atoms with van der Waals surface area (Å²) in [6, 6.07) is 5.66. The van der Waals surface area contributed by atoms with Crippen LogP contribution < -0.4 is 0 Å². The molecular formula is C14H14N3O+. The molecule has 0 radical (unpaired) electrons. The topological polar surface area (TPSA) is 53.1 Å². The van der Waals surface area contributed by atoms with Gasteiger partial charge in [-0.1, -0.05) is 0 Å². The van der Waals surface area contributed by atoms with Gasteiger partial charge >= 0.3 is 0 Å². The Morgan fingerprint density at radius 2 is 2.06 bits per heavy atom. The summed E-state index contributed by atoms with van der Waals surface area (Å²) >= 11 is 0. The van der Waals surface area contributed by atoms with Gasteiger partial charge in [-0.3, -0.25) is 9.38 Å². The Hall–Kier alpha value is -2.36. The number of benzene rings is 1. The van der Waals surface area contributed by atoms with Crippen LogP contribution in [-0.2, 0) is 0 Å². The van der Waals surface area contributed by atoms with Crippen molar-refractivity contribution in [1.29, 1.82) is 0 Å². The lowest BCUT2D eigenvalue weighted by molar-refractivity contribution is 0.475. The van der Waals surface area contributed by atoms with Gasteiger partial charge < -0.3 is 5.11 Å². The van der Waals surface area contributed by atoms with E-state index in [2.05, 4.69) is 9.97 Å². The maximum Gasteiger partial charge on any atom is 0.254 e. The smallest absolute Gasteiger partial charge is 0.254 e. The van der Waals surface area contributed by atoms with Crippen LogP contribution in [0.3, 0.4) is 0 Å². The van der Waals surface area contributed by atoms with E-state index in [0.717, 1.165) is 28.2 Å². The number of hydrogen-bond acceptors (Lipinski definition) is 2. The minimum absolute atomic E-state index is 0.532. The quantitative estimate of drug-likeness (QED) is 0.613. The molecule has 0 amide bonds. The highest BCUT2D eigenvalue weighted by molar-refractivity contribution is 5.70. The van der Waals surface area contributed by atoms with Gasteiger partial charge in [-0.25, -0.2) is 4.98 Å². The normalized spacial score (nSPS) is 11.0. The van der Waals surface area contributed by atoms with Gasteiger partial charge in [-0.15, -0.1) is 0 Å². The highest BCUT2D eigenvalue weighted by Crippen LogP contribution is 2.29. The maximum absolute atomic E-state index is 7.64. The molecule has 3 aromatic rings. The third-order valence-corrected chi connectivity index (χ3v) is 3.09. The summed E-state index contributed by atoms with van der Waals surface area (Å²) in [4.78, 5) is 8.59. The first-order valence-corrected chi connectivity index (χ1v) is 5.78. The molecule has 0 saturated carbocycles. The fourth-order valence-corrected chi connectivity index (χ4v) is 2.28. The largest absolute Gasteiger partial charge is 0.593 e. The molecule has 0 aliphatic rings. The number of aryl methyl sites for hydroxylation is 2. The Bertz CT molecular complexity index is 731. The van der Waals surface area contributed by atoms with E-state index in [4.69, 9.17) is 5.11 Å². The second kappa shape index (κ2) is 3.84. The van der Waals surface area contributed by atoms with E-state index in [9.17, 15) is 0 Å². The molecule has 0 aliphatic carbocycles. The van der Waals surface area contributed by atoms with Gasteiger partial charge in [0.2, 0.25) is 0 Å². The van der Waals surface area contributed by atoms with Crippen LogP contribution in [0.5, 0.6) is 5.75 Å². The van der Waals surface area contributed by atoms with Crippen molar-refractivity contribution in [2.24, 2.45) is 0 Å². The molecule has 3 rings (SSSR count). The second-order valence-electron chi connectivity index (χ2n) is 4.38. The van der Waals surface area contributed by atoms with Crippen molar-refractivity contribution in [1.82, 2.24) is 14.4 Å². The Labute approximate surface area is 105 Å². The fourth-order valence-electron chi connectivity index (χ4n) is 2.28. The molecule has 0 saturated heterocycles. The van der Waals surface area contributed by atoms with Gasteiger partial charge in [0.25, 0.3) is 5.75 Å². The van der Waals surface area contributed by atoms with Crippen molar-refractivity contribution < 1.29 is 5.11 Å². The van der Waals surface area contributed by atoms with Crippen LogP contribution in [-0.4, -0.2) is 19.5 Å². The van der Waals surface area contributed by atoms with Crippen LogP contribution in [0.25, 0.3) is 16.9 Å². The molecule has 0 atom stereocenters. The average Bonchev–Trinajstić information content (AvgIpc) is 2.66. The standard InChI is InChI=1S/C14H13N3O/c1-9-7-11(18)3-4-12(9)14-10(2)16-13-8-15-5-6-17(13)14/h3-8,18H,1-2H3/p+1. The third-order valence-electron chi connectivity index (χ3n) is 3.09. The predicted molar refractivity (Wildman–Crippen MR) is 71.0 cm³/mol. The zero-order chi connectivity index (χ0) is 12.7. The summed E-state index contributed by atoms with van der Waals surface area (Å²) in [6.07, 6.45) is 5.43. The fraction of sp³-hybridized carbons (Fsp3) is 0.143. The minimum Gasteiger partial charge on any atom is -0.593 e. The lowest BCUT2D eigenvalue weighted by Gasteiger charge is -2.06. The maximum atomic E-state index is 7.64. The summed E-state index contributed by atoms with van der Waals surface area (Å²) in [7, 11) is 0. The molecule has 18 heavy (non-hydrogen) atoms. The highest BCUT2D eigenvalue weighted by atomic mass is 16.3. The number of fused-ring (bicyclic) bond motifs is 1. The molecule has 1 aromatic carbocycles. The zero-order valence-corrected chi connectivity index (χ0v) is 10.3. The van der Waals surface area contributed by atoms with Crippen LogP contribution in [0.1, 0.15) is 11.3 Å². The molecule has 0 spiro atoms. The first kappa shape index (κ1) is 10.8. The van der Waals surface area contributed by atoms with E-state index in [1.807, 2.05) is 42.6 Å². The van der Waals surface area contributed by atoms with Crippen LogP contribution in [0.15, 0.2) is 36.8 Å². The van der Waals surface area contributed by atoms with Crippen molar-refractivity contribution >= 4 is 5.65 Å².